The Hall–Kier alpha value is -1.13. The predicted octanol–water partition coefficient (Wildman–Crippen LogP) is 2.07. The van der Waals surface area contributed by atoms with Crippen molar-refractivity contribution in [3.05, 3.63) is 29.6 Å². The monoisotopic (exact) mass is 238 g/mol. The summed E-state index contributed by atoms with van der Waals surface area (Å²) in [6, 6.07) is 4.68. The van der Waals surface area contributed by atoms with E-state index in [-0.39, 0.29) is 11.9 Å². The minimum absolute atomic E-state index is 0.162. The van der Waals surface area contributed by atoms with E-state index in [1.165, 1.54) is 12.1 Å². The standard InChI is InChI=1S/C13H19FN2O/c1-10(15)12-9-11(14)3-4-13(12)16-5-2-7-17-8-6-16/h3-4,9-10H,2,5-8,15H2,1H3. The van der Waals surface area contributed by atoms with E-state index < -0.39 is 0 Å². The summed E-state index contributed by atoms with van der Waals surface area (Å²) < 4.78 is 18.7. The zero-order chi connectivity index (χ0) is 12.3. The van der Waals surface area contributed by atoms with Crippen LogP contribution in [0.25, 0.3) is 0 Å². The number of rotatable bonds is 2. The molecule has 1 aromatic rings. The van der Waals surface area contributed by atoms with Crippen LogP contribution in [0.5, 0.6) is 0 Å². The van der Waals surface area contributed by atoms with Crippen molar-refractivity contribution in [1.82, 2.24) is 0 Å². The molecular weight excluding hydrogens is 219 g/mol. The molecule has 1 heterocycles. The molecule has 0 saturated carbocycles. The zero-order valence-corrected chi connectivity index (χ0v) is 10.2. The number of benzene rings is 1. The van der Waals surface area contributed by atoms with Crippen molar-refractivity contribution in [1.29, 1.82) is 0 Å². The Morgan fingerprint density at radius 1 is 1.35 bits per heavy atom. The molecule has 0 aromatic heterocycles. The van der Waals surface area contributed by atoms with Gasteiger partial charge in [0, 0.05) is 31.4 Å². The average Bonchev–Trinajstić information content (AvgIpc) is 2.57. The minimum Gasteiger partial charge on any atom is -0.380 e. The van der Waals surface area contributed by atoms with Crippen LogP contribution in [0.15, 0.2) is 18.2 Å². The normalized spacial score (nSPS) is 18.9. The third-order valence-corrected chi connectivity index (χ3v) is 3.04. The minimum atomic E-state index is -0.230. The summed E-state index contributed by atoms with van der Waals surface area (Å²) in [6.45, 7) is 5.17. The van der Waals surface area contributed by atoms with E-state index >= 15 is 0 Å². The largest absolute Gasteiger partial charge is 0.380 e. The maximum absolute atomic E-state index is 13.3. The molecule has 4 heteroatoms. The van der Waals surface area contributed by atoms with Crippen LogP contribution in [-0.2, 0) is 4.74 Å². The average molecular weight is 238 g/mol. The highest BCUT2D eigenvalue weighted by molar-refractivity contribution is 5.55. The van der Waals surface area contributed by atoms with Crippen molar-refractivity contribution in [2.75, 3.05) is 31.2 Å². The molecule has 17 heavy (non-hydrogen) atoms. The van der Waals surface area contributed by atoms with Gasteiger partial charge >= 0.3 is 0 Å². The van der Waals surface area contributed by atoms with E-state index in [0.29, 0.717) is 0 Å². The summed E-state index contributed by atoms with van der Waals surface area (Å²) in [4.78, 5) is 2.23. The van der Waals surface area contributed by atoms with Gasteiger partial charge in [0.05, 0.1) is 6.61 Å². The summed E-state index contributed by atoms with van der Waals surface area (Å²) in [5.41, 5.74) is 7.81. The lowest BCUT2D eigenvalue weighted by atomic mass is 10.1. The Kier molecular flexibility index (Phi) is 3.97. The highest BCUT2D eigenvalue weighted by Crippen LogP contribution is 2.26. The van der Waals surface area contributed by atoms with Crippen molar-refractivity contribution >= 4 is 5.69 Å². The highest BCUT2D eigenvalue weighted by Gasteiger charge is 2.16. The van der Waals surface area contributed by atoms with Crippen molar-refractivity contribution in [3.8, 4) is 0 Å². The molecule has 0 amide bonds. The molecule has 0 spiro atoms. The first-order chi connectivity index (χ1) is 8.18. The van der Waals surface area contributed by atoms with E-state index in [9.17, 15) is 4.39 Å². The van der Waals surface area contributed by atoms with Gasteiger partial charge in [0.25, 0.3) is 0 Å². The molecule has 0 bridgehead atoms. The van der Waals surface area contributed by atoms with Gasteiger partial charge < -0.3 is 15.4 Å². The van der Waals surface area contributed by atoms with Gasteiger partial charge in [0.1, 0.15) is 5.82 Å². The number of hydrogen-bond donors (Lipinski definition) is 1. The highest BCUT2D eigenvalue weighted by atomic mass is 19.1. The SMILES string of the molecule is CC(N)c1cc(F)ccc1N1CCCOCC1. The maximum atomic E-state index is 13.3. The molecule has 0 aliphatic carbocycles. The second-order valence-corrected chi connectivity index (χ2v) is 4.44. The third-order valence-electron chi connectivity index (χ3n) is 3.04. The molecule has 1 aromatic carbocycles. The Morgan fingerprint density at radius 3 is 2.94 bits per heavy atom. The number of nitrogens with two attached hydrogens (primary N) is 1. The quantitative estimate of drug-likeness (QED) is 0.857. The molecule has 1 fully saturated rings. The summed E-state index contributed by atoms with van der Waals surface area (Å²) >= 11 is 0. The first-order valence-electron chi connectivity index (χ1n) is 6.06. The van der Waals surface area contributed by atoms with Crippen LogP contribution in [0.4, 0.5) is 10.1 Å². The lowest BCUT2D eigenvalue weighted by Gasteiger charge is -2.26. The lowest BCUT2D eigenvalue weighted by Crippen LogP contribution is -2.28. The van der Waals surface area contributed by atoms with Gasteiger partial charge in [0.15, 0.2) is 0 Å². The van der Waals surface area contributed by atoms with Gasteiger partial charge in [-0.2, -0.15) is 0 Å². The van der Waals surface area contributed by atoms with Crippen LogP contribution in [-0.4, -0.2) is 26.3 Å². The number of halogens is 1. The van der Waals surface area contributed by atoms with Crippen molar-refractivity contribution in [3.63, 3.8) is 0 Å². The van der Waals surface area contributed by atoms with Gasteiger partial charge in [-0.05, 0) is 37.1 Å². The molecule has 3 nitrogen and oxygen atoms in total. The Bertz CT molecular complexity index is 374. The van der Waals surface area contributed by atoms with E-state index in [1.54, 1.807) is 0 Å². The Labute approximate surface area is 101 Å². The second-order valence-electron chi connectivity index (χ2n) is 4.44. The summed E-state index contributed by atoms with van der Waals surface area (Å²) in [6.07, 6.45) is 0.996. The summed E-state index contributed by atoms with van der Waals surface area (Å²) in [5, 5.41) is 0. The summed E-state index contributed by atoms with van der Waals surface area (Å²) in [5.74, 6) is -0.230. The Balaban J connectivity index is 2.29. The molecule has 1 aliphatic heterocycles. The van der Waals surface area contributed by atoms with Crippen molar-refractivity contribution < 1.29 is 9.13 Å². The first-order valence-corrected chi connectivity index (χ1v) is 6.06. The molecule has 0 radical (unpaired) electrons. The van der Waals surface area contributed by atoms with Gasteiger partial charge in [-0.25, -0.2) is 4.39 Å². The van der Waals surface area contributed by atoms with Gasteiger partial charge in [-0.3, -0.25) is 0 Å². The molecule has 2 rings (SSSR count). The van der Waals surface area contributed by atoms with E-state index in [0.717, 1.165) is 44.0 Å². The fourth-order valence-electron chi connectivity index (χ4n) is 2.17. The predicted molar refractivity (Wildman–Crippen MR) is 66.7 cm³/mol. The zero-order valence-electron chi connectivity index (χ0n) is 10.2. The molecule has 1 saturated heterocycles. The van der Waals surface area contributed by atoms with Gasteiger partial charge in [-0.1, -0.05) is 0 Å². The number of ether oxygens (including phenoxy) is 1. The number of nitrogens with zero attached hydrogens (tertiary/aromatic N) is 1. The van der Waals surface area contributed by atoms with Crippen LogP contribution in [0.2, 0.25) is 0 Å². The van der Waals surface area contributed by atoms with Crippen LogP contribution in [0, 0.1) is 5.82 Å². The van der Waals surface area contributed by atoms with Crippen molar-refractivity contribution in [2.24, 2.45) is 5.73 Å². The van der Waals surface area contributed by atoms with Crippen LogP contribution in [0.1, 0.15) is 24.9 Å². The smallest absolute Gasteiger partial charge is 0.123 e. The fraction of sp³-hybridized carbons (Fsp3) is 0.538. The molecular formula is C13H19FN2O. The maximum Gasteiger partial charge on any atom is 0.123 e. The fourth-order valence-corrected chi connectivity index (χ4v) is 2.17. The van der Waals surface area contributed by atoms with Gasteiger partial charge in [-0.15, -0.1) is 0 Å². The van der Waals surface area contributed by atoms with Crippen LogP contribution >= 0.6 is 0 Å². The second kappa shape index (κ2) is 5.47. The van der Waals surface area contributed by atoms with Crippen LogP contribution < -0.4 is 10.6 Å². The molecule has 2 N–H and O–H groups in total. The topological polar surface area (TPSA) is 38.5 Å². The third kappa shape index (κ3) is 2.96. The van der Waals surface area contributed by atoms with E-state index in [4.69, 9.17) is 10.5 Å². The number of anilines is 1. The van der Waals surface area contributed by atoms with Crippen molar-refractivity contribution in [2.45, 2.75) is 19.4 Å². The first kappa shape index (κ1) is 12.3. The van der Waals surface area contributed by atoms with E-state index in [2.05, 4.69) is 4.90 Å². The van der Waals surface area contributed by atoms with Crippen LogP contribution in [0.3, 0.4) is 0 Å². The van der Waals surface area contributed by atoms with Gasteiger partial charge in [0.2, 0.25) is 0 Å². The Morgan fingerprint density at radius 2 is 2.18 bits per heavy atom. The number of hydrogen-bond acceptors (Lipinski definition) is 3. The molecule has 1 atom stereocenters. The molecule has 1 unspecified atom stereocenters. The molecule has 1 aliphatic rings. The summed E-state index contributed by atoms with van der Waals surface area (Å²) in [7, 11) is 0. The lowest BCUT2D eigenvalue weighted by molar-refractivity contribution is 0.152. The molecule has 94 valence electrons. The van der Waals surface area contributed by atoms with E-state index in [1.807, 2.05) is 13.0 Å².